The van der Waals surface area contributed by atoms with Crippen LogP contribution in [-0.2, 0) is 13.0 Å². The van der Waals surface area contributed by atoms with Gasteiger partial charge in [-0.3, -0.25) is 14.8 Å². The fourth-order valence-corrected chi connectivity index (χ4v) is 1.97. The average molecular weight is 275 g/mol. The second-order valence-electron chi connectivity index (χ2n) is 4.41. The van der Waals surface area contributed by atoms with Crippen LogP contribution in [0.15, 0.2) is 36.7 Å². The van der Waals surface area contributed by atoms with Crippen LogP contribution in [0.5, 0.6) is 0 Å². The van der Waals surface area contributed by atoms with E-state index in [9.17, 15) is 10.1 Å². The summed E-state index contributed by atoms with van der Waals surface area (Å²) in [5.41, 5.74) is 0.957. The third kappa shape index (κ3) is 4.13. The Balaban J connectivity index is 1.67. The number of hydrogen-bond donors (Lipinski definition) is 1. The zero-order valence-corrected chi connectivity index (χ0v) is 11.1. The first-order valence-corrected chi connectivity index (χ1v) is 6.54. The molecule has 0 bridgehead atoms. The molecular weight excluding hydrogens is 258 g/mol. The molecule has 0 aliphatic rings. The molecule has 7 nitrogen and oxygen atoms in total. The molecular formula is C13H17N5O2. The van der Waals surface area contributed by atoms with E-state index in [-0.39, 0.29) is 10.6 Å². The van der Waals surface area contributed by atoms with E-state index in [0.717, 1.165) is 31.6 Å². The van der Waals surface area contributed by atoms with E-state index in [4.69, 9.17) is 0 Å². The summed E-state index contributed by atoms with van der Waals surface area (Å²) in [5.74, 6) is 0. The molecule has 1 aromatic heterocycles. The molecule has 0 unspecified atom stereocenters. The van der Waals surface area contributed by atoms with Gasteiger partial charge in [0.05, 0.1) is 11.1 Å². The van der Waals surface area contributed by atoms with Crippen LogP contribution in [0, 0.1) is 10.1 Å². The summed E-state index contributed by atoms with van der Waals surface area (Å²) in [6.45, 7) is 2.39. The van der Waals surface area contributed by atoms with E-state index in [2.05, 4.69) is 15.6 Å². The Kier molecular flexibility index (Phi) is 5.19. The van der Waals surface area contributed by atoms with Crippen LogP contribution in [0.1, 0.15) is 12.0 Å². The molecule has 20 heavy (non-hydrogen) atoms. The van der Waals surface area contributed by atoms with E-state index < -0.39 is 0 Å². The molecule has 1 heterocycles. The Bertz CT molecular complexity index is 541. The highest BCUT2D eigenvalue weighted by Gasteiger charge is 2.10. The molecule has 0 aliphatic heterocycles. The molecule has 0 saturated heterocycles. The second-order valence-corrected chi connectivity index (χ2v) is 4.41. The Morgan fingerprint density at radius 1 is 1.30 bits per heavy atom. The van der Waals surface area contributed by atoms with Gasteiger partial charge in [0.25, 0.3) is 5.69 Å². The maximum Gasteiger partial charge on any atom is 0.272 e. The minimum atomic E-state index is -0.333. The highest BCUT2D eigenvalue weighted by molar-refractivity contribution is 5.39. The molecule has 2 rings (SSSR count). The molecule has 7 heteroatoms. The van der Waals surface area contributed by atoms with E-state index in [1.807, 2.05) is 12.3 Å². The Hall–Kier alpha value is -2.28. The standard InChI is InChI=1S/C13H17N5O2/c19-18(20)13-5-2-1-4-12(13)6-8-14-7-3-10-17-11-9-15-16-17/h1-2,4-5,9,11,14H,3,6-8,10H2. The van der Waals surface area contributed by atoms with Crippen molar-refractivity contribution in [3.8, 4) is 0 Å². The fourth-order valence-electron chi connectivity index (χ4n) is 1.97. The monoisotopic (exact) mass is 275 g/mol. The van der Waals surface area contributed by atoms with Gasteiger partial charge in [0.1, 0.15) is 0 Å². The summed E-state index contributed by atoms with van der Waals surface area (Å²) in [6, 6.07) is 6.86. The molecule has 0 aliphatic carbocycles. The van der Waals surface area contributed by atoms with Crippen molar-refractivity contribution in [1.29, 1.82) is 0 Å². The topological polar surface area (TPSA) is 85.9 Å². The van der Waals surface area contributed by atoms with Gasteiger partial charge >= 0.3 is 0 Å². The smallest absolute Gasteiger partial charge is 0.272 e. The molecule has 0 amide bonds. The van der Waals surface area contributed by atoms with Crippen LogP contribution >= 0.6 is 0 Å². The summed E-state index contributed by atoms with van der Waals surface area (Å²) >= 11 is 0. The number of rotatable bonds is 8. The highest BCUT2D eigenvalue weighted by atomic mass is 16.6. The first kappa shape index (κ1) is 14.1. The van der Waals surface area contributed by atoms with Crippen LogP contribution in [0.2, 0.25) is 0 Å². The van der Waals surface area contributed by atoms with Gasteiger partial charge < -0.3 is 5.32 Å². The molecule has 106 valence electrons. The number of nitrogens with zero attached hydrogens (tertiary/aromatic N) is 4. The van der Waals surface area contributed by atoms with Crippen molar-refractivity contribution in [3.63, 3.8) is 0 Å². The lowest BCUT2D eigenvalue weighted by Gasteiger charge is -2.05. The van der Waals surface area contributed by atoms with Crippen molar-refractivity contribution in [2.45, 2.75) is 19.4 Å². The van der Waals surface area contributed by atoms with Crippen molar-refractivity contribution in [1.82, 2.24) is 20.3 Å². The number of nitrogens with one attached hydrogen (secondary N) is 1. The quantitative estimate of drug-likeness (QED) is 0.447. The molecule has 1 aromatic carbocycles. The lowest BCUT2D eigenvalue weighted by Crippen LogP contribution is -2.20. The van der Waals surface area contributed by atoms with E-state index >= 15 is 0 Å². The first-order valence-electron chi connectivity index (χ1n) is 6.54. The minimum Gasteiger partial charge on any atom is -0.316 e. The van der Waals surface area contributed by atoms with E-state index in [1.165, 1.54) is 0 Å². The van der Waals surface area contributed by atoms with Crippen molar-refractivity contribution in [2.75, 3.05) is 13.1 Å². The SMILES string of the molecule is O=[N+]([O-])c1ccccc1CCNCCCn1ccnn1. The summed E-state index contributed by atoms with van der Waals surface area (Å²) in [7, 11) is 0. The van der Waals surface area contributed by atoms with Crippen molar-refractivity contribution in [2.24, 2.45) is 0 Å². The molecule has 0 radical (unpaired) electrons. The molecule has 0 atom stereocenters. The zero-order valence-electron chi connectivity index (χ0n) is 11.1. The number of nitro groups is 1. The Morgan fingerprint density at radius 3 is 2.90 bits per heavy atom. The largest absolute Gasteiger partial charge is 0.316 e. The zero-order chi connectivity index (χ0) is 14.2. The van der Waals surface area contributed by atoms with Gasteiger partial charge in [-0.05, 0) is 25.9 Å². The summed E-state index contributed by atoms with van der Waals surface area (Å²) in [4.78, 5) is 10.5. The van der Waals surface area contributed by atoms with Gasteiger partial charge in [-0.1, -0.05) is 23.4 Å². The van der Waals surface area contributed by atoms with Crippen LogP contribution < -0.4 is 5.32 Å². The van der Waals surface area contributed by atoms with Crippen LogP contribution in [-0.4, -0.2) is 33.0 Å². The van der Waals surface area contributed by atoms with Crippen molar-refractivity contribution in [3.05, 3.63) is 52.3 Å². The van der Waals surface area contributed by atoms with Crippen LogP contribution in [0.4, 0.5) is 5.69 Å². The summed E-state index contributed by atoms with van der Waals surface area (Å²) in [6.07, 6.45) is 5.08. The predicted molar refractivity (Wildman–Crippen MR) is 74.3 cm³/mol. The predicted octanol–water partition coefficient (Wildman–Crippen LogP) is 1.41. The lowest BCUT2D eigenvalue weighted by molar-refractivity contribution is -0.385. The Morgan fingerprint density at radius 2 is 2.15 bits per heavy atom. The summed E-state index contributed by atoms with van der Waals surface area (Å²) < 4.78 is 1.78. The molecule has 2 aromatic rings. The second kappa shape index (κ2) is 7.34. The molecule has 0 saturated carbocycles. The van der Waals surface area contributed by atoms with Crippen LogP contribution in [0.25, 0.3) is 0 Å². The van der Waals surface area contributed by atoms with Crippen molar-refractivity contribution >= 4 is 5.69 Å². The van der Waals surface area contributed by atoms with Gasteiger partial charge in [-0.15, -0.1) is 5.10 Å². The normalized spacial score (nSPS) is 10.6. The summed E-state index contributed by atoms with van der Waals surface area (Å²) in [5, 5.41) is 21.7. The van der Waals surface area contributed by atoms with Gasteiger partial charge in [0.2, 0.25) is 0 Å². The van der Waals surface area contributed by atoms with Crippen LogP contribution in [0.3, 0.4) is 0 Å². The number of hydrogen-bond acceptors (Lipinski definition) is 5. The minimum absolute atomic E-state index is 0.192. The van der Waals surface area contributed by atoms with Gasteiger partial charge in [0.15, 0.2) is 0 Å². The number of nitro benzene ring substituents is 1. The highest BCUT2D eigenvalue weighted by Crippen LogP contribution is 2.17. The Labute approximate surface area is 116 Å². The molecule has 1 N–H and O–H groups in total. The van der Waals surface area contributed by atoms with Gasteiger partial charge in [0, 0.05) is 24.4 Å². The number of para-hydroxylation sites is 1. The third-order valence-corrected chi connectivity index (χ3v) is 2.97. The number of aromatic nitrogens is 3. The maximum atomic E-state index is 10.9. The van der Waals surface area contributed by atoms with Gasteiger partial charge in [-0.2, -0.15) is 0 Å². The molecule has 0 spiro atoms. The first-order chi connectivity index (χ1) is 9.77. The fraction of sp³-hybridized carbons (Fsp3) is 0.385. The maximum absolute atomic E-state index is 10.9. The van der Waals surface area contributed by atoms with E-state index in [0.29, 0.717) is 6.42 Å². The third-order valence-electron chi connectivity index (χ3n) is 2.97. The lowest BCUT2D eigenvalue weighted by atomic mass is 10.1. The number of aryl methyl sites for hydroxylation is 1. The number of benzene rings is 1. The average Bonchev–Trinajstić information content (AvgIpc) is 2.96. The van der Waals surface area contributed by atoms with E-state index in [1.54, 1.807) is 29.1 Å². The van der Waals surface area contributed by atoms with Crippen molar-refractivity contribution < 1.29 is 4.92 Å². The van der Waals surface area contributed by atoms with Gasteiger partial charge in [-0.25, -0.2) is 0 Å². The molecule has 0 fully saturated rings.